The van der Waals surface area contributed by atoms with Gasteiger partial charge in [-0.2, -0.15) is 0 Å². The highest BCUT2D eigenvalue weighted by atomic mass is 16.5. The first-order valence-electron chi connectivity index (χ1n) is 6.33. The molecule has 1 N–H and O–H groups in total. The predicted octanol–water partition coefficient (Wildman–Crippen LogP) is 2.68. The van der Waals surface area contributed by atoms with E-state index >= 15 is 0 Å². The van der Waals surface area contributed by atoms with Gasteiger partial charge in [0, 0.05) is 11.8 Å². The molecule has 0 saturated carbocycles. The first-order valence-corrected chi connectivity index (χ1v) is 6.33. The zero-order valence-electron chi connectivity index (χ0n) is 11.2. The average molecular weight is 248 g/mol. The molecule has 1 aromatic rings. The molecule has 0 amide bonds. The van der Waals surface area contributed by atoms with Crippen molar-refractivity contribution in [2.75, 3.05) is 13.2 Å². The molecule has 1 heterocycles. The van der Waals surface area contributed by atoms with Crippen LogP contribution in [0.15, 0.2) is 18.2 Å². The Balaban J connectivity index is 2.34. The molecule has 2 rings (SSSR count). The highest BCUT2D eigenvalue weighted by Crippen LogP contribution is 2.42. The van der Waals surface area contributed by atoms with E-state index in [0.717, 1.165) is 0 Å². The number of hydrogen-bond acceptors (Lipinski definition) is 2. The Kier molecular flexibility index (Phi) is 3.44. The Morgan fingerprint density at radius 2 is 2.11 bits per heavy atom. The van der Waals surface area contributed by atoms with Crippen molar-refractivity contribution < 1.29 is 14.6 Å². The maximum atomic E-state index is 10.9. The second-order valence-corrected chi connectivity index (χ2v) is 5.47. The van der Waals surface area contributed by atoms with Gasteiger partial charge in [0.15, 0.2) is 0 Å². The van der Waals surface area contributed by atoms with Crippen LogP contribution in [0.1, 0.15) is 30.0 Å². The van der Waals surface area contributed by atoms with Crippen molar-refractivity contribution in [3.8, 4) is 0 Å². The molecule has 1 aliphatic heterocycles. The number of aliphatic carboxylic acids is 1. The number of carbonyl (C=O) groups is 1. The molecule has 0 radical (unpaired) electrons. The lowest BCUT2D eigenvalue weighted by Crippen LogP contribution is -2.52. The van der Waals surface area contributed by atoms with Crippen molar-refractivity contribution in [1.29, 1.82) is 0 Å². The molecule has 0 aliphatic carbocycles. The van der Waals surface area contributed by atoms with Crippen LogP contribution in [-0.2, 0) is 14.9 Å². The fourth-order valence-corrected chi connectivity index (χ4v) is 2.86. The van der Waals surface area contributed by atoms with E-state index in [0.29, 0.717) is 13.2 Å². The van der Waals surface area contributed by atoms with E-state index in [-0.39, 0.29) is 17.8 Å². The number of carboxylic acid groups (broad SMARTS) is 1. The Hall–Kier alpha value is -1.35. The van der Waals surface area contributed by atoms with Crippen molar-refractivity contribution in [3.05, 3.63) is 34.9 Å². The van der Waals surface area contributed by atoms with E-state index in [1.807, 2.05) is 6.92 Å². The number of hydrogen-bond donors (Lipinski definition) is 1. The summed E-state index contributed by atoms with van der Waals surface area (Å²) in [4.78, 5) is 10.9. The first-order chi connectivity index (χ1) is 8.45. The number of benzene rings is 1. The lowest BCUT2D eigenvalue weighted by atomic mass is 9.67. The predicted molar refractivity (Wildman–Crippen MR) is 69.8 cm³/mol. The zero-order valence-corrected chi connectivity index (χ0v) is 11.2. The van der Waals surface area contributed by atoms with Crippen molar-refractivity contribution >= 4 is 5.97 Å². The van der Waals surface area contributed by atoms with Crippen molar-refractivity contribution in [2.24, 2.45) is 5.92 Å². The Labute approximate surface area is 108 Å². The van der Waals surface area contributed by atoms with Crippen LogP contribution in [0, 0.1) is 19.8 Å². The van der Waals surface area contributed by atoms with Gasteiger partial charge >= 0.3 is 5.97 Å². The summed E-state index contributed by atoms with van der Waals surface area (Å²) in [7, 11) is 0. The SMILES string of the molecule is Cc1ccc(C2(C(C)CC(=O)O)COC2)c(C)c1. The minimum absolute atomic E-state index is 0.0881. The Morgan fingerprint density at radius 1 is 1.44 bits per heavy atom. The third kappa shape index (κ3) is 2.15. The molecule has 0 bridgehead atoms. The van der Waals surface area contributed by atoms with Crippen LogP contribution in [0.2, 0.25) is 0 Å². The average Bonchev–Trinajstić information content (AvgIpc) is 2.18. The molecule has 1 saturated heterocycles. The summed E-state index contributed by atoms with van der Waals surface area (Å²) in [5, 5.41) is 8.99. The quantitative estimate of drug-likeness (QED) is 0.891. The molecular weight excluding hydrogens is 228 g/mol. The van der Waals surface area contributed by atoms with Crippen LogP contribution in [0.3, 0.4) is 0 Å². The van der Waals surface area contributed by atoms with E-state index in [4.69, 9.17) is 9.84 Å². The lowest BCUT2D eigenvalue weighted by Gasteiger charge is -2.47. The molecular formula is C15H20O3. The van der Waals surface area contributed by atoms with Gasteiger partial charge in [-0.3, -0.25) is 4.79 Å². The minimum atomic E-state index is -0.737. The van der Waals surface area contributed by atoms with Gasteiger partial charge in [0.1, 0.15) is 0 Å². The summed E-state index contributed by atoms with van der Waals surface area (Å²) in [6.45, 7) is 7.43. The fourth-order valence-electron chi connectivity index (χ4n) is 2.86. The van der Waals surface area contributed by atoms with Crippen LogP contribution in [-0.4, -0.2) is 24.3 Å². The number of ether oxygens (including phenoxy) is 1. The third-order valence-electron chi connectivity index (χ3n) is 4.06. The van der Waals surface area contributed by atoms with Gasteiger partial charge < -0.3 is 9.84 Å². The molecule has 1 fully saturated rings. The molecule has 3 heteroatoms. The molecule has 1 aliphatic rings. The van der Waals surface area contributed by atoms with Gasteiger partial charge in [-0.25, -0.2) is 0 Å². The summed E-state index contributed by atoms with van der Waals surface area (Å²) in [6.07, 6.45) is 0.191. The standard InChI is InChI=1S/C15H20O3/c1-10-4-5-13(11(2)6-10)15(8-18-9-15)12(3)7-14(16)17/h4-6,12H,7-9H2,1-3H3,(H,16,17). The van der Waals surface area contributed by atoms with Gasteiger partial charge in [-0.05, 0) is 30.9 Å². The van der Waals surface area contributed by atoms with Crippen LogP contribution in [0.25, 0.3) is 0 Å². The van der Waals surface area contributed by atoms with Crippen LogP contribution in [0.5, 0.6) is 0 Å². The molecule has 1 aromatic carbocycles. The third-order valence-corrected chi connectivity index (χ3v) is 4.06. The molecule has 0 aromatic heterocycles. The Bertz CT molecular complexity index is 461. The molecule has 98 valence electrons. The number of aryl methyl sites for hydroxylation is 2. The maximum absolute atomic E-state index is 10.9. The van der Waals surface area contributed by atoms with Crippen LogP contribution in [0.4, 0.5) is 0 Å². The minimum Gasteiger partial charge on any atom is -0.481 e. The molecule has 0 spiro atoms. The van der Waals surface area contributed by atoms with Gasteiger partial charge in [0.2, 0.25) is 0 Å². The summed E-state index contributed by atoms with van der Waals surface area (Å²) in [5.74, 6) is -0.649. The summed E-state index contributed by atoms with van der Waals surface area (Å²) in [6, 6.07) is 6.38. The topological polar surface area (TPSA) is 46.5 Å². The van der Waals surface area contributed by atoms with Crippen molar-refractivity contribution in [1.82, 2.24) is 0 Å². The van der Waals surface area contributed by atoms with Gasteiger partial charge in [0.05, 0.1) is 13.2 Å². The van der Waals surface area contributed by atoms with E-state index in [9.17, 15) is 4.79 Å². The van der Waals surface area contributed by atoms with Crippen molar-refractivity contribution in [2.45, 2.75) is 32.6 Å². The van der Waals surface area contributed by atoms with E-state index in [1.165, 1.54) is 16.7 Å². The van der Waals surface area contributed by atoms with Crippen molar-refractivity contribution in [3.63, 3.8) is 0 Å². The van der Waals surface area contributed by atoms with Gasteiger partial charge in [-0.15, -0.1) is 0 Å². The molecule has 1 atom stereocenters. The molecule has 3 nitrogen and oxygen atoms in total. The maximum Gasteiger partial charge on any atom is 0.303 e. The summed E-state index contributed by atoms with van der Waals surface area (Å²) in [5.41, 5.74) is 3.59. The summed E-state index contributed by atoms with van der Waals surface area (Å²) >= 11 is 0. The summed E-state index contributed by atoms with van der Waals surface area (Å²) < 4.78 is 5.39. The van der Waals surface area contributed by atoms with E-state index in [2.05, 4.69) is 32.0 Å². The molecule has 1 unspecified atom stereocenters. The van der Waals surface area contributed by atoms with E-state index < -0.39 is 5.97 Å². The van der Waals surface area contributed by atoms with Crippen LogP contribution < -0.4 is 0 Å². The monoisotopic (exact) mass is 248 g/mol. The highest BCUT2D eigenvalue weighted by Gasteiger charge is 2.46. The Morgan fingerprint density at radius 3 is 2.56 bits per heavy atom. The lowest BCUT2D eigenvalue weighted by molar-refractivity contribution is -0.142. The van der Waals surface area contributed by atoms with Crippen LogP contribution >= 0.6 is 0 Å². The second-order valence-electron chi connectivity index (χ2n) is 5.47. The van der Waals surface area contributed by atoms with Gasteiger partial charge in [-0.1, -0.05) is 30.7 Å². The normalized spacial score (nSPS) is 19.1. The fraction of sp³-hybridized carbons (Fsp3) is 0.533. The molecule has 18 heavy (non-hydrogen) atoms. The second kappa shape index (κ2) is 4.73. The van der Waals surface area contributed by atoms with Gasteiger partial charge in [0.25, 0.3) is 0 Å². The smallest absolute Gasteiger partial charge is 0.303 e. The zero-order chi connectivity index (χ0) is 13.3. The first kappa shape index (κ1) is 13.1. The highest BCUT2D eigenvalue weighted by molar-refractivity contribution is 5.67. The number of rotatable bonds is 4. The van der Waals surface area contributed by atoms with E-state index in [1.54, 1.807) is 0 Å². The largest absolute Gasteiger partial charge is 0.481 e. The number of carboxylic acids is 1.